The van der Waals surface area contributed by atoms with Crippen molar-refractivity contribution in [3.05, 3.63) is 47.0 Å². The van der Waals surface area contributed by atoms with Crippen molar-refractivity contribution in [2.45, 2.75) is 23.6 Å². The van der Waals surface area contributed by atoms with Crippen molar-refractivity contribution in [2.24, 2.45) is 4.99 Å². The van der Waals surface area contributed by atoms with Gasteiger partial charge < -0.3 is 0 Å². The van der Waals surface area contributed by atoms with Crippen LogP contribution in [0.15, 0.2) is 46.4 Å². The summed E-state index contributed by atoms with van der Waals surface area (Å²) in [5, 5.41) is -0.0924. The van der Waals surface area contributed by atoms with E-state index in [-0.39, 0.29) is 10.7 Å². The van der Waals surface area contributed by atoms with E-state index in [1.165, 1.54) is 19.9 Å². The fourth-order valence-electron chi connectivity index (χ4n) is 1.89. The molecule has 2 atom stereocenters. The van der Waals surface area contributed by atoms with Crippen molar-refractivity contribution in [3.8, 4) is 0 Å². The zero-order chi connectivity index (χ0) is 15.8. The molecule has 0 aliphatic heterocycles. The molecule has 21 heavy (non-hydrogen) atoms. The van der Waals surface area contributed by atoms with Gasteiger partial charge in [0.25, 0.3) is 5.91 Å². The van der Waals surface area contributed by atoms with Crippen LogP contribution in [-0.4, -0.2) is 27.2 Å². The Morgan fingerprint density at radius 2 is 1.67 bits per heavy atom. The summed E-state index contributed by atoms with van der Waals surface area (Å²) in [6.45, 7) is 3.00. The molecule has 0 fully saturated rings. The molecule has 1 aliphatic rings. The smallest absolute Gasteiger partial charge is 0.277 e. The molecule has 1 amide bonds. The molecule has 6 heteroatoms. The fraction of sp³-hybridized carbons (Fsp3) is 0.267. The predicted molar refractivity (Wildman–Crippen MR) is 85.7 cm³/mol. The van der Waals surface area contributed by atoms with Gasteiger partial charge in [-0.2, -0.15) is 0 Å². The average molecular weight is 345 g/mol. The van der Waals surface area contributed by atoms with Gasteiger partial charge in [-0.1, -0.05) is 29.8 Å². The minimum Gasteiger partial charge on any atom is -0.291 e. The molecule has 0 radical (unpaired) electrons. The van der Waals surface area contributed by atoms with Crippen molar-refractivity contribution in [1.82, 2.24) is 0 Å². The van der Waals surface area contributed by atoms with Gasteiger partial charge in [-0.05, 0) is 32.1 Å². The number of Topliss-reactive ketones (excluding diaryl/α,β-unsaturated/α-hetero) is 1. The maximum Gasteiger partial charge on any atom is 0.277 e. The van der Waals surface area contributed by atoms with Crippen LogP contribution >= 0.6 is 34.8 Å². The highest BCUT2D eigenvalue weighted by Crippen LogP contribution is 2.43. The highest BCUT2D eigenvalue weighted by Gasteiger charge is 2.54. The Bertz CT molecular complexity index is 661. The van der Waals surface area contributed by atoms with Crippen LogP contribution < -0.4 is 0 Å². The number of halogens is 3. The third-order valence-corrected chi connectivity index (χ3v) is 5.01. The van der Waals surface area contributed by atoms with Crippen molar-refractivity contribution >= 4 is 52.2 Å². The summed E-state index contributed by atoms with van der Waals surface area (Å²) in [4.78, 5) is 25.3. The van der Waals surface area contributed by atoms with Crippen molar-refractivity contribution in [1.29, 1.82) is 0 Å². The Kier molecular flexibility index (Phi) is 4.29. The molecule has 0 heterocycles. The quantitative estimate of drug-likeness (QED) is 0.724. The second-order valence-electron chi connectivity index (χ2n) is 5.00. The number of alkyl halides is 2. The van der Waals surface area contributed by atoms with Gasteiger partial charge in [0.1, 0.15) is 9.75 Å². The molecule has 0 spiro atoms. The van der Waals surface area contributed by atoms with Gasteiger partial charge in [-0.25, -0.2) is 4.99 Å². The summed E-state index contributed by atoms with van der Waals surface area (Å²) in [6.07, 6.45) is 1.29. The van der Waals surface area contributed by atoms with Crippen LogP contribution in [0.3, 0.4) is 0 Å². The number of hydrogen-bond acceptors (Lipinski definition) is 2. The number of benzene rings is 1. The van der Waals surface area contributed by atoms with E-state index in [2.05, 4.69) is 4.99 Å². The first kappa shape index (κ1) is 16.2. The van der Waals surface area contributed by atoms with E-state index >= 15 is 0 Å². The molecule has 1 aromatic rings. The van der Waals surface area contributed by atoms with Crippen LogP contribution in [0, 0.1) is 0 Å². The SMILES string of the molecule is CC1(Cl)C(=O)C(Cl)=CC(=NC(=O)c2ccccc2)C1(C)Cl. The molecule has 110 valence electrons. The molecule has 1 aliphatic carbocycles. The topological polar surface area (TPSA) is 46.5 Å². The van der Waals surface area contributed by atoms with Gasteiger partial charge in [-0.3, -0.25) is 9.59 Å². The Morgan fingerprint density at radius 3 is 2.24 bits per heavy atom. The lowest BCUT2D eigenvalue weighted by molar-refractivity contribution is -0.117. The van der Waals surface area contributed by atoms with Crippen molar-refractivity contribution in [3.63, 3.8) is 0 Å². The summed E-state index contributed by atoms with van der Waals surface area (Å²) in [7, 11) is 0. The zero-order valence-corrected chi connectivity index (χ0v) is 13.6. The molecule has 0 aromatic heterocycles. The van der Waals surface area contributed by atoms with Gasteiger partial charge in [0.05, 0.1) is 10.7 Å². The first-order valence-electron chi connectivity index (χ1n) is 6.16. The lowest BCUT2D eigenvalue weighted by Gasteiger charge is -2.38. The van der Waals surface area contributed by atoms with E-state index in [9.17, 15) is 9.59 Å². The van der Waals surface area contributed by atoms with Gasteiger partial charge in [0.15, 0.2) is 5.78 Å². The molecule has 0 saturated heterocycles. The first-order chi connectivity index (χ1) is 9.68. The maximum absolute atomic E-state index is 12.2. The van der Waals surface area contributed by atoms with Crippen LogP contribution in [0.25, 0.3) is 0 Å². The molecule has 3 nitrogen and oxygen atoms in total. The number of rotatable bonds is 1. The number of allylic oxidation sites excluding steroid dienone is 2. The van der Waals surface area contributed by atoms with E-state index < -0.39 is 21.4 Å². The molecule has 0 bridgehead atoms. The third-order valence-electron chi connectivity index (χ3n) is 3.51. The van der Waals surface area contributed by atoms with E-state index in [1.54, 1.807) is 30.3 Å². The molecule has 0 saturated carbocycles. The van der Waals surface area contributed by atoms with Crippen LogP contribution in [0.1, 0.15) is 24.2 Å². The van der Waals surface area contributed by atoms with Crippen molar-refractivity contribution < 1.29 is 9.59 Å². The monoisotopic (exact) mass is 343 g/mol. The van der Waals surface area contributed by atoms with Crippen LogP contribution in [0.5, 0.6) is 0 Å². The number of carbonyl (C=O) groups excluding carboxylic acids is 2. The maximum atomic E-state index is 12.2. The van der Waals surface area contributed by atoms with E-state index in [4.69, 9.17) is 34.8 Å². The van der Waals surface area contributed by atoms with Crippen LogP contribution in [0.2, 0.25) is 0 Å². The summed E-state index contributed by atoms with van der Waals surface area (Å²) >= 11 is 18.5. The largest absolute Gasteiger partial charge is 0.291 e. The average Bonchev–Trinajstić information content (AvgIpc) is 2.44. The highest BCUT2D eigenvalue weighted by atomic mass is 35.5. The van der Waals surface area contributed by atoms with Gasteiger partial charge >= 0.3 is 0 Å². The Labute approximate surface area is 137 Å². The number of hydrogen-bond donors (Lipinski definition) is 0. The van der Waals surface area contributed by atoms with E-state index in [1.807, 2.05) is 0 Å². The predicted octanol–water partition coefficient (Wildman–Crippen LogP) is 3.97. The fourth-order valence-corrected chi connectivity index (χ4v) is 2.61. The Morgan fingerprint density at radius 1 is 1.10 bits per heavy atom. The lowest BCUT2D eigenvalue weighted by atomic mass is 9.81. The first-order valence-corrected chi connectivity index (χ1v) is 7.29. The van der Waals surface area contributed by atoms with Gasteiger partial charge in [0, 0.05) is 5.56 Å². The summed E-state index contributed by atoms with van der Waals surface area (Å²) in [6, 6.07) is 8.52. The third kappa shape index (κ3) is 2.78. The molecule has 0 N–H and O–H groups in total. The molecule has 2 rings (SSSR count). The Balaban J connectivity index is 2.50. The Hall–Kier alpha value is -1.16. The molecule has 2 unspecified atom stereocenters. The summed E-state index contributed by atoms with van der Waals surface area (Å²) in [5.41, 5.74) is 0.579. The second-order valence-corrected chi connectivity index (χ2v) is 6.91. The zero-order valence-electron chi connectivity index (χ0n) is 11.4. The van der Waals surface area contributed by atoms with Gasteiger partial charge in [-0.15, -0.1) is 23.2 Å². The number of amides is 1. The minimum atomic E-state index is -1.48. The molecular formula is C15H12Cl3NO2. The van der Waals surface area contributed by atoms with Gasteiger partial charge in [0.2, 0.25) is 0 Å². The van der Waals surface area contributed by atoms with E-state index in [0.717, 1.165) is 0 Å². The molecular weight excluding hydrogens is 333 g/mol. The number of aliphatic imine (C=N–C) groups is 1. The summed E-state index contributed by atoms with van der Waals surface area (Å²) < 4.78 is 0. The van der Waals surface area contributed by atoms with Crippen LogP contribution in [-0.2, 0) is 4.79 Å². The van der Waals surface area contributed by atoms with Crippen LogP contribution in [0.4, 0.5) is 0 Å². The lowest BCUT2D eigenvalue weighted by Crippen LogP contribution is -2.55. The number of nitrogens with zero attached hydrogens (tertiary/aromatic N) is 1. The minimum absolute atomic E-state index is 0.0924. The standard InChI is InChI=1S/C15H12Cl3NO2/c1-14(17)11(8-10(16)12(20)15(14,2)18)19-13(21)9-6-4-3-5-7-9/h3-8H,1-2H3. The number of carbonyl (C=O) groups is 2. The molecule has 1 aromatic carbocycles. The normalized spacial score (nSPS) is 31.2. The van der Waals surface area contributed by atoms with E-state index in [0.29, 0.717) is 5.56 Å². The highest BCUT2D eigenvalue weighted by molar-refractivity contribution is 6.59. The summed E-state index contributed by atoms with van der Waals surface area (Å²) in [5.74, 6) is -0.963. The number of ketones is 1. The second kappa shape index (κ2) is 5.56. The van der Waals surface area contributed by atoms with Crippen molar-refractivity contribution in [2.75, 3.05) is 0 Å².